The highest BCUT2D eigenvalue weighted by atomic mass is 19.1. The predicted octanol–water partition coefficient (Wildman–Crippen LogP) is 2.00. The van der Waals surface area contributed by atoms with Crippen LogP contribution in [0.4, 0.5) is 4.39 Å². The Morgan fingerprint density at radius 2 is 2.08 bits per heavy atom. The molecule has 7 heteroatoms. The van der Waals surface area contributed by atoms with E-state index in [4.69, 9.17) is 4.42 Å². The molecule has 0 fully saturated rings. The van der Waals surface area contributed by atoms with E-state index >= 15 is 0 Å². The minimum Gasteiger partial charge on any atom is -0.467 e. The molecule has 24 heavy (non-hydrogen) atoms. The molecule has 0 aliphatic carbocycles. The Balaban J connectivity index is 1.54. The maximum absolute atomic E-state index is 12.9. The average Bonchev–Trinajstić information content (AvgIpc) is 3.25. The SMILES string of the molecule is O=C(Cc1ccn(-c2ccc(F)cc2)n1)NCC(O)c1ccco1. The largest absolute Gasteiger partial charge is 0.467 e. The summed E-state index contributed by atoms with van der Waals surface area (Å²) >= 11 is 0. The summed E-state index contributed by atoms with van der Waals surface area (Å²) < 4.78 is 19.6. The number of carbonyl (C=O) groups excluding carboxylic acids is 1. The van der Waals surface area contributed by atoms with Gasteiger partial charge in [0.05, 0.1) is 30.6 Å². The molecule has 1 amide bonds. The summed E-state index contributed by atoms with van der Waals surface area (Å²) in [4.78, 5) is 11.9. The lowest BCUT2D eigenvalue weighted by molar-refractivity contribution is -0.121. The van der Waals surface area contributed by atoms with Crippen molar-refractivity contribution in [1.82, 2.24) is 15.1 Å². The van der Waals surface area contributed by atoms with Gasteiger partial charge in [-0.3, -0.25) is 4.79 Å². The number of hydrogen-bond donors (Lipinski definition) is 2. The van der Waals surface area contributed by atoms with Gasteiger partial charge >= 0.3 is 0 Å². The number of nitrogens with one attached hydrogen (secondary N) is 1. The van der Waals surface area contributed by atoms with Crippen LogP contribution >= 0.6 is 0 Å². The topological polar surface area (TPSA) is 80.3 Å². The molecule has 0 saturated heterocycles. The Morgan fingerprint density at radius 3 is 2.79 bits per heavy atom. The Labute approximate surface area is 137 Å². The van der Waals surface area contributed by atoms with Gasteiger partial charge in [-0.1, -0.05) is 0 Å². The van der Waals surface area contributed by atoms with Crippen molar-refractivity contribution in [2.75, 3.05) is 6.54 Å². The second-order valence-corrected chi connectivity index (χ2v) is 5.24. The Morgan fingerprint density at radius 1 is 1.29 bits per heavy atom. The van der Waals surface area contributed by atoms with Crippen LogP contribution in [0.15, 0.2) is 59.3 Å². The quantitative estimate of drug-likeness (QED) is 0.725. The highest BCUT2D eigenvalue weighted by Crippen LogP contribution is 2.12. The first-order chi connectivity index (χ1) is 11.6. The van der Waals surface area contributed by atoms with E-state index in [0.717, 1.165) is 0 Å². The lowest BCUT2D eigenvalue weighted by Crippen LogP contribution is -2.29. The van der Waals surface area contributed by atoms with Gasteiger partial charge in [0.2, 0.25) is 5.91 Å². The van der Waals surface area contributed by atoms with Crippen LogP contribution in [0, 0.1) is 5.82 Å². The number of halogens is 1. The van der Waals surface area contributed by atoms with Crippen molar-refractivity contribution in [2.24, 2.45) is 0 Å². The number of nitrogens with zero attached hydrogens (tertiary/aromatic N) is 2. The van der Waals surface area contributed by atoms with Crippen LogP contribution < -0.4 is 5.32 Å². The first-order valence-corrected chi connectivity index (χ1v) is 7.40. The van der Waals surface area contributed by atoms with Gasteiger partial charge in [-0.15, -0.1) is 0 Å². The summed E-state index contributed by atoms with van der Waals surface area (Å²) in [7, 11) is 0. The summed E-state index contributed by atoms with van der Waals surface area (Å²) in [6, 6.07) is 10.9. The molecule has 1 aromatic carbocycles. The minimum atomic E-state index is -0.888. The molecular formula is C17H16FN3O3. The van der Waals surface area contributed by atoms with Crippen LogP contribution in [0.2, 0.25) is 0 Å². The number of benzene rings is 1. The Kier molecular flexibility index (Phi) is 4.72. The maximum atomic E-state index is 12.9. The Hall–Kier alpha value is -2.93. The molecule has 0 aliphatic heterocycles. The van der Waals surface area contributed by atoms with Gasteiger partial charge in [0.1, 0.15) is 17.7 Å². The van der Waals surface area contributed by atoms with Crippen LogP contribution in [0.3, 0.4) is 0 Å². The number of rotatable bonds is 6. The number of aliphatic hydroxyl groups is 1. The fraction of sp³-hybridized carbons (Fsp3) is 0.176. The summed E-state index contributed by atoms with van der Waals surface area (Å²) in [5.41, 5.74) is 1.28. The zero-order valence-corrected chi connectivity index (χ0v) is 12.7. The van der Waals surface area contributed by atoms with E-state index in [9.17, 15) is 14.3 Å². The van der Waals surface area contributed by atoms with E-state index in [0.29, 0.717) is 17.1 Å². The van der Waals surface area contributed by atoms with Crippen LogP contribution in [-0.4, -0.2) is 27.3 Å². The van der Waals surface area contributed by atoms with Crippen molar-refractivity contribution in [3.8, 4) is 5.69 Å². The van der Waals surface area contributed by atoms with E-state index in [1.165, 1.54) is 18.4 Å². The van der Waals surface area contributed by atoms with E-state index in [2.05, 4.69) is 10.4 Å². The minimum absolute atomic E-state index is 0.0605. The molecular weight excluding hydrogens is 313 g/mol. The number of aromatic nitrogens is 2. The molecule has 6 nitrogen and oxygen atoms in total. The van der Waals surface area contributed by atoms with Crippen molar-refractivity contribution < 1.29 is 18.7 Å². The molecule has 0 saturated carbocycles. The van der Waals surface area contributed by atoms with Crippen LogP contribution in [0.5, 0.6) is 0 Å². The van der Waals surface area contributed by atoms with Gasteiger partial charge in [-0.25, -0.2) is 9.07 Å². The van der Waals surface area contributed by atoms with Crippen molar-refractivity contribution in [2.45, 2.75) is 12.5 Å². The van der Waals surface area contributed by atoms with Crippen LogP contribution in [-0.2, 0) is 11.2 Å². The highest BCUT2D eigenvalue weighted by molar-refractivity contribution is 5.78. The molecule has 124 valence electrons. The smallest absolute Gasteiger partial charge is 0.226 e. The molecule has 0 bridgehead atoms. The first-order valence-electron chi connectivity index (χ1n) is 7.40. The molecule has 0 spiro atoms. The van der Waals surface area contributed by atoms with Crippen LogP contribution in [0.1, 0.15) is 17.6 Å². The molecule has 3 aromatic rings. The predicted molar refractivity (Wildman–Crippen MR) is 83.9 cm³/mol. The first kappa shape index (κ1) is 15.9. The van der Waals surface area contributed by atoms with Crippen LogP contribution in [0.25, 0.3) is 5.69 Å². The average molecular weight is 329 g/mol. The summed E-state index contributed by atoms with van der Waals surface area (Å²) in [6.07, 6.45) is 2.36. The number of aliphatic hydroxyl groups excluding tert-OH is 1. The molecule has 2 N–H and O–H groups in total. The van der Waals surface area contributed by atoms with Gasteiger partial charge in [-0.05, 0) is 42.5 Å². The van der Waals surface area contributed by atoms with Gasteiger partial charge < -0.3 is 14.8 Å². The van der Waals surface area contributed by atoms with Crippen molar-refractivity contribution in [3.05, 3.63) is 72.2 Å². The molecule has 0 aliphatic rings. The lowest BCUT2D eigenvalue weighted by atomic mass is 10.2. The van der Waals surface area contributed by atoms with E-state index < -0.39 is 6.10 Å². The van der Waals surface area contributed by atoms with E-state index in [1.807, 2.05) is 0 Å². The maximum Gasteiger partial charge on any atom is 0.226 e. The molecule has 0 radical (unpaired) electrons. The standard InChI is InChI=1S/C17H16FN3O3/c18-12-3-5-14(6-4-12)21-8-7-13(20-21)10-17(23)19-11-15(22)16-2-1-9-24-16/h1-9,15,22H,10-11H2,(H,19,23). The molecule has 3 rings (SSSR count). The molecule has 2 aromatic heterocycles. The van der Waals surface area contributed by atoms with Crippen molar-refractivity contribution >= 4 is 5.91 Å². The molecule has 1 unspecified atom stereocenters. The van der Waals surface area contributed by atoms with E-state index in [-0.39, 0.29) is 24.7 Å². The van der Waals surface area contributed by atoms with Gasteiger partial charge in [-0.2, -0.15) is 5.10 Å². The summed E-state index contributed by atoms with van der Waals surface area (Å²) in [5, 5.41) is 16.7. The number of carbonyl (C=O) groups is 1. The normalized spacial score (nSPS) is 12.1. The molecule has 1 atom stereocenters. The fourth-order valence-corrected chi connectivity index (χ4v) is 2.21. The lowest BCUT2D eigenvalue weighted by Gasteiger charge is -2.08. The number of hydrogen-bond acceptors (Lipinski definition) is 4. The van der Waals surface area contributed by atoms with Gasteiger partial charge in [0.15, 0.2) is 0 Å². The van der Waals surface area contributed by atoms with Gasteiger partial charge in [0.25, 0.3) is 0 Å². The fourth-order valence-electron chi connectivity index (χ4n) is 2.21. The highest BCUT2D eigenvalue weighted by Gasteiger charge is 2.13. The zero-order chi connectivity index (χ0) is 16.9. The summed E-state index contributed by atoms with van der Waals surface area (Å²) in [5.74, 6) is -0.179. The third kappa shape index (κ3) is 3.88. The molecule has 2 heterocycles. The second-order valence-electron chi connectivity index (χ2n) is 5.24. The zero-order valence-electron chi connectivity index (χ0n) is 12.7. The van der Waals surface area contributed by atoms with Crippen molar-refractivity contribution in [3.63, 3.8) is 0 Å². The third-order valence-corrected chi connectivity index (χ3v) is 3.44. The summed E-state index contributed by atoms with van der Waals surface area (Å²) in [6.45, 7) is 0.0605. The number of furan rings is 1. The third-order valence-electron chi connectivity index (χ3n) is 3.44. The van der Waals surface area contributed by atoms with Crippen molar-refractivity contribution in [1.29, 1.82) is 0 Å². The second kappa shape index (κ2) is 7.10. The Bertz CT molecular complexity index is 797. The van der Waals surface area contributed by atoms with Gasteiger partial charge in [0, 0.05) is 6.20 Å². The monoisotopic (exact) mass is 329 g/mol. The van der Waals surface area contributed by atoms with E-state index in [1.54, 1.807) is 41.2 Å². The number of amides is 1.